The highest BCUT2D eigenvalue weighted by molar-refractivity contribution is 7.99. The van der Waals surface area contributed by atoms with E-state index in [0.717, 1.165) is 17.9 Å². The van der Waals surface area contributed by atoms with Gasteiger partial charge in [0.25, 0.3) is 0 Å². The predicted molar refractivity (Wildman–Crippen MR) is 68.7 cm³/mol. The summed E-state index contributed by atoms with van der Waals surface area (Å²) in [7, 11) is 1.44. The SMILES string of the molecule is COC(=O)[C@H](C)CSCCc1ccccc1. The molecule has 0 saturated heterocycles. The highest BCUT2D eigenvalue weighted by atomic mass is 32.2. The van der Waals surface area contributed by atoms with Crippen molar-refractivity contribution in [2.75, 3.05) is 18.6 Å². The predicted octanol–water partition coefficient (Wildman–Crippen LogP) is 2.77. The lowest BCUT2D eigenvalue weighted by atomic mass is 10.2. The van der Waals surface area contributed by atoms with Crippen LogP contribution in [0.4, 0.5) is 0 Å². The second-order valence-electron chi connectivity index (χ2n) is 3.73. The first kappa shape index (κ1) is 13.1. The summed E-state index contributed by atoms with van der Waals surface area (Å²) in [5.41, 5.74) is 1.35. The van der Waals surface area contributed by atoms with E-state index in [9.17, 15) is 4.79 Å². The monoisotopic (exact) mass is 238 g/mol. The van der Waals surface area contributed by atoms with E-state index in [1.54, 1.807) is 11.8 Å². The van der Waals surface area contributed by atoms with Gasteiger partial charge in [0, 0.05) is 5.75 Å². The Balaban J connectivity index is 2.15. The van der Waals surface area contributed by atoms with Crippen molar-refractivity contribution in [2.45, 2.75) is 13.3 Å². The number of thioether (sulfide) groups is 1. The topological polar surface area (TPSA) is 26.3 Å². The molecule has 1 atom stereocenters. The molecule has 1 rings (SSSR count). The minimum absolute atomic E-state index is 0.00854. The van der Waals surface area contributed by atoms with Crippen LogP contribution in [0.15, 0.2) is 30.3 Å². The van der Waals surface area contributed by atoms with E-state index < -0.39 is 0 Å². The maximum atomic E-state index is 11.1. The van der Waals surface area contributed by atoms with Gasteiger partial charge in [0.1, 0.15) is 0 Å². The van der Waals surface area contributed by atoms with E-state index >= 15 is 0 Å². The van der Waals surface area contributed by atoms with Gasteiger partial charge < -0.3 is 4.74 Å². The zero-order chi connectivity index (χ0) is 11.8. The molecule has 0 saturated carbocycles. The standard InChI is InChI=1S/C13H18O2S/c1-11(13(14)15-2)10-16-9-8-12-6-4-3-5-7-12/h3-7,11H,8-10H2,1-2H3/t11-/m1/s1. The van der Waals surface area contributed by atoms with Gasteiger partial charge in [-0.1, -0.05) is 37.3 Å². The van der Waals surface area contributed by atoms with Crippen LogP contribution in [0.5, 0.6) is 0 Å². The molecule has 0 bridgehead atoms. The van der Waals surface area contributed by atoms with Gasteiger partial charge in [-0.3, -0.25) is 4.79 Å². The third-order valence-corrected chi connectivity index (χ3v) is 3.58. The first-order chi connectivity index (χ1) is 7.74. The molecule has 0 amide bonds. The first-order valence-electron chi connectivity index (χ1n) is 5.43. The van der Waals surface area contributed by atoms with Gasteiger partial charge in [-0.05, 0) is 17.7 Å². The average molecular weight is 238 g/mol. The molecule has 1 aromatic rings. The zero-order valence-electron chi connectivity index (χ0n) is 9.81. The lowest BCUT2D eigenvalue weighted by molar-refractivity contribution is -0.143. The summed E-state index contributed by atoms with van der Waals surface area (Å²) in [6.07, 6.45) is 1.05. The highest BCUT2D eigenvalue weighted by Gasteiger charge is 2.12. The lowest BCUT2D eigenvalue weighted by Crippen LogP contribution is -2.15. The summed E-state index contributed by atoms with van der Waals surface area (Å²) < 4.78 is 4.68. The fourth-order valence-electron chi connectivity index (χ4n) is 1.36. The third kappa shape index (κ3) is 4.71. The Hall–Kier alpha value is -0.960. The minimum Gasteiger partial charge on any atom is -0.469 e. The van der Waals surface area contributed by atoms with E-state index in [1.807, 2.05) is 13.0 Å². The molecule has 0 heterocycles. The number of rotatable bonds is 6. The van der Waals surface area contributed by atoms with Gasteiger partial charge in [0.2, 0.25) is 0 Å². The van der Waals surface area contributed by atoms with E-state index in [1.165, 1.54) is 12.7 Å². The van der Waals surface area contributed by atoms with Crippen molar-refractivity contribution in [1.82, 2.24) is 0 Å². The largest absolute Gasteiger partial charge is 0.469 e. The lowest BCUT2D eigenvalue weighted by Gasteiger charge is -2.08. The van der Waals surface area contributed by atoms with Gasteiger partial charge in [0.15, 0.2) is 0 Å². The minimum atomic E-state index is -0.118. The average Bonchev–Trinajstić information content (AvgIpc) is 2.34. The van der Waals surface area contributed by atoms with Crippen molar-refractivity contribution < 1.29 is 9.53 Å². The molecule has 2 nitrogen and oxygen atoms in total. The van der Waals surface area contributed by atoms with Crippen LogP contribution < -0.4 is 0 Å². The van der Waals surface area contributed by atoms with Crippen molar-refractivity contribution in [1.29, 1.82) is 0 Å². The van der Waals surface area contributed by atoms with Crippen molar-refractivity contribution in [2.24, 2.45) is 5.92 Å². The Labute approximate surface area is 101 Å². The van der Waals surface area contributed by atoms with E-state index in [-0.39, 0.29) is 11.9 Å². The van der Waals surface area contributed by atoms with Gasteiger partial charge in [0.05, 0.1) is 13.0 Å². The van der Waals surface area contributed by atoms with Crippen molar-refractivity contribution >= 4 is 17.7 Å². The molecule has 0 spiro atoms. The van der Waals surface area contributed by atoms with Crippen molar-refractivity contribution in [3.8, 4) is 0 Å². The number of methoxy groups -OCH3 is 1. The summed E-state index contributed by atoms with van der Waals surface area (Å²) >= 11 is 1.80. The maximum Gasteiger partial charge on any atom is 0.309 e. The number of carbonyl (C=O) groups is 1. The molecule has 3 heteroatoms. The number of hydrogen-bond acceptors (Lipinski definition) is 3. The quantitative estimate of drug-likeness (QED) is 0.563. The van der Waals surface area contributed by atoms with Crippen molar-refractivity contribution in [3.63, 3.8) is 0 Å². The van der Waals surface area contributed by atoms with Gasteiger partial charge in [-0.2, -0.15) is 11.8 Å². The fraction of sp³-hybridized carbons (Fsp3) is 0.462. The van der Waals surface area contributed by atoms with Gasteiger partial charge in [-0.15, -0.1) is 0 Å². The third-order valence-electron chi connectivity index (χ3n) is 2.35. The number of carbonyl (C=O) groups excluding carboxylic acids is 1. The summed E-state index contributed by atoms with van der Waals surface area (Å²) in [5.74, 6) is 1.75. The van der Waals surface area contributed by atoms with Crippen LogP contribution >= 0.6 is 11.8 Å². The molecule has 1 aromatic carbocycles. The van der Waals surface area contributed by atoms with Crippen LogP contribution in [-0.4, -0.2) is 24.6 Å². The second-order valence-corrected chi connectivity index (χ2v) is 4.88. The van der Waals surface area contributed by atoms with Crippen LogP contribution in [0.1, 0.15) is 12.5 Å². The van der Waals surface area contributed by atoms with Crippen LogP contribution in [0, 0.1) is 5.92 Å². The molecule has 88 valence electrons. The molecule has 16 heavy (non-hydrogen) atoms. The van der Waals surface area contributed by atoms with Crippen LogP contribution in [0.25, 0.3) is 0 Å². The smallest absolute Gasteiger partial charge is 0.309 e. The molecule has 0 N–H and O–H groups in total. The Morgan fingerprint density at radius 3 is 2.69 bits per heavy atom. The molecule has 0 aliphatic heterocycles. The normalized spacial score (nSPS) is 12.1. The summed E-state index contributed by atoms with van der Waals surface area (Å²) in [5, 5.41) is 0. The first-order valence-corrected chi connectivity index (χ1v) is 6.59. The van der Waals surface area contributed by atoms with Crippen LogP contribution in [0.2, 0.25) is 0 Å². The molecular weight excluding hydrogens is 220 g/mol. The summed E-state index contributed by atoms with van der Waals surface area (Å²) in [4.78, 5) is 11.1. The maximum absolute atomic E-state index is 11.1. The van der Waals surface area contributed by atoms with Crippen molar-refractivity contribution in [3.05, 3.63) is 35.9 Å². The summed E-state index contributed by atoms with van der Waals surface area (Å²) in [6.45, 7) is 1.90. The Kier molecular flexibility index (Phi) is 6.01. The van der Waals surface area contributed by atoms with Gasteiger partial charge >= 0.3 is 5.97 Å². The molecule has 0 radical (unpaired) electrons. The Morgan fingerprint density at radius 1 is 1.38 bits per heavy atom. The molecule has 0 aliphatic carbocycles. The Morgan fingerprint density at radius 2 is 2.06 bits per heavy atom. The Bertz CT molecular complexity index is 311. The highest BCUT2D eigenvalue weighted by Crippen LogP contribution is 2.12. The number of hydrogen-bond donors (Lipinski definition) is 0. The molecule has 0 unspecified atom stereocenters. The fourth-order valence-corrected chi connectivity index (χ4v) is 2.40. The van der Waals surface area contributed by atoms with E-state index in [2.05, 4.69) is 29.0 Å². The second kappa shape index (κ2) is 7.34. The number of ether oxygens (including phenoxy) is 1. The number of benzene rings is 1. The molecule has 0 fully saturated rings. The van der Waals surface area contributed by atoms with Crippen LogP contribution in [0.3, 0.4) is 0 Å². The summed E-state index contributed by atoms with van der Waals surface area (Å²) in [6, 6.07) is 10.4. The molecular formula is C13H18O2S. The number of aryl methyl sites for hydroxylation is 1. The molecule has 0 aliphatic rings. The zero-order valence-corrected chi connectivity index (χ0v) is 10.6. The van der Waals surface area contributed by atoms with Gasteiger partial charge in [-0.25, -0.2) is 0 Å². The molecule has 0 aromatic heterocycles. The van der Waals surface area contributed by atoms with E-state index in [0.29, 0.717) is 0 Å². The van der Waals surface area contributed by atoms with Crippen LogP contribution in [-0.2, 0) is 16.0 Å². The van der Waals surface area contributed by atoms with E-state index in [4.69, 9.17) is 0 Å². The number of esters is 1.